The Kier molecular flexibility index (Phi) is 4.02. The molecule has 1 saturated carbocycles. The largest absolute Gasteiger partial charge is 0.481 e. The van der Waals surface area contributed by atoms with E-state index in [9.17, 15) is 19.5 Å². The van der Waals surface area contributed by atoms with Crippen LogP contribution in [0.2, 0.25) is 0 Å². The van der Waals surface area contributed by atoms with Gasteiger partial charge in [0, 0.05) is 12.5 Å². The van der Waals surface area contributed by atoms with Crippen LogP contribution in [0.15, 0.2) is 24.3 Å². The van der Waals surface area contributed by atoms with Crippen molar-refractivity contribution in [2.75, 3.05) is 6.54 Å². The molecule has 6 nitrogen and oxygen atoms in total. The second-order valence-electron chi connectivity index (χ2n) is 4.84. The minimum atomic E-state index is -1.11. The number of nitrogens with one attached hydrogen (secondary N) is 1. The molecule has 1 aliphatic carbocycles. The minimum Gasteiger partial charge on any atom is -0.481 e. The summed E-state index contributed by atoms with van der Waals surface area (Å²) in [5.41, 5.74) is 0.399. The topological polar surface area (TPSA) is 104 Å². The van der Waals surface area contributed by atoms with Crippen LogP contribution in [-0.2, 0) is 9.59 Å². The van der Waals surface area contributed by atoms with E-state index >= 15 is 0 Å². The first-order valence-electron chi connectivity index (χ1n) is 6.33. The minimum absolute atomic E-state index is 0.00907. The van der Waals surface area contributed by atoms with Gasteiger partial charge in [-0.3, -0.25) is 9.59 Å². The molecule has 3 N–H and O–H groups in total. The smallest absolute Gasteiger partial charge is 0.335 e. The maximum absolute atomic E-state index is 11.5. The molecular formula is C14H15NO5. The zero-order chi connectivity index (χ0) is 14.7. The molecule has 20 heavy (non-hydrogen) atoms. The highest BCUT2D eigenvalue weighted by molar-refractivity contribution is 5.88. The van der Waals surface area contributed by atoms with Gasteiger partial charge in [0.05, 0.1) is 11.5 Å². The number of carbonyl (C=O) groups is 3. The van der Waals surface area contributed by atoms with E-state index in [1.807, 2.05) is 0 Å². The summed E-state index contributed by atoms with van der Waals surface area (Å²) in [5.74, 6) is -3.28. The fraction of sp³-hybridized carbons (Fsp3) is 0.357. The lowest BCUT2D eigenvalue weighted by atomic mass is 9.97. The molecule has 1 aliphatic rings. The Labute approximate surface area is 115 Å². The third-order valence-electron chi connectivity index (χ3n) is 3.26. The predicted octanol–water partition coefficient (Wildman–Crippen LogP) is 1.08. The summed E-state index contributed by atoms with van der Waals surface area (Å²) in [4.78, 5) is 33.7. The van der Waals surface area contributed by atoms with Crippen LogP contribution in [0.25, 0.3) is 0 Å². The van der Waals surface area contributed by atoms with Crippen molar-refractivity contribution in [3.05, 3.63) is 35.4 Å². The summed E-state index contributed by atoms with van der Waals surface area (Å²) in [7, 11) is 0. The van der Waals surface area contributed by atoms with Crippen molar-refractivity contribution in [3.8, 4) is 0 Å². The first kappa shape index (κ1) is 14.0. The average molecular weight is 277 g/mol. The summed E-state index contributed by atoms with van der Waals surface area (Å²) in [6.45, 7) is -0.0340. The number of hydrogen-bond donors (Lipinski definition) is 3. The SMILES string of the molecule is O=C(O)c1cccc(C(CNC(=O)C2CC2)C(=O)O)c1. The Morgan fingerprint density at radius 3 is 2.50 bits per heavy atom. The van der Waals surface area contributed by atoms with Gasteiger partial charge in [-0.05, 0) is 30.5 Å². The van der Waals surface area contributed by atoms with E-state index in [-0.39, 0.29) is 23.9 Å². The molecule has 1 aromatic carbocycles. The number of carbonyl (C=O) groups excluding carboxylic acids is 1. The molecule has 0 aromatic heterocycles. The Hall–Kier alpha value is -2.37. The first-order valence-corrected chi connectivity index (χ1v) is 6.33. The zero-order valence-electron chi connectivity index (χ0n) is 10.7. The van der Waals surface area contributed by atoms with Gasteiger partial charge < -0.3 is 15.5 Å². The lowest BCUT2D eigenvalue weighted by molar-refractivity contribution is -0.138. The van der Waals surface area contributed by atoms with Gasteiger partial charge in [0.15, 0.2) is 0 Å². The summed E-state index contributed by atoms with van der Waals surface area (Å²) >= 11 is 0. The monoisotopic (exact) mass is 277 g/mol. The van der Waals surface area contributed by atoms with Gasteiger partial charge in [-0.2, -0.15) is 0 Å². The van der Waals surface area contributed by atoms with E-state index in [0.717, 1.165) is 12.8 Å². The van der Waals surface area contributed by atoms with Gasteiger partial charge >= 0.3 is 11.9 Å². The molecule has 1 amide bonds. The number of aliphatic carboxylic acids is 1. The maximum atomic E-state index is 11.5. The quantitative estimate of drug-likeness (QED) is 0.721. The van der Waals surface area contributed by atoms with Crippen LogP contribution in [0.4, 0.5) is 0 Å². The van der Waals surface area contributed by atoms with Crippen LogP contribution in [0.1, 0.15) is 34.7 Å². The van der Waals surface area contributed by atoms with Crippen molar-refractivity contribution in [1.82, 2.24) is 5.32 Å². The van der Waals surface area contributed by atoms with E-state index in [0.29, 0.717) is 5.56 Å². The Morgan fingerprint density at radius 2 is 1.95 bits per heavy atom. The third-order valence-corrected chi connectivity index (χ3v) is 3.26. The molecule has 0 saturated heterocycles. The molecule has 1 fully saturated rings. The van der Waals surface area contributed by atoms with Gasteiger partial charge in [0.1, 0.15) is 0 Å². The molecule has 2 rings (SSSR count). The van der Waals surface area contributed by atoms with Crippen molar-refractivity contribution >= 4 is 17.8 Å². The number of amides is 1. The molecule has 0 spiro atoms. The summed E-state index contributed by atoms with van der Waals surface area (Å²) in [6.07, 6.45) is 1.69. The van der Waals surface area contributed by atoms with Crippen molar-refractivity contribution in [2.24, 2.45) is 5.92 Å². The van der Waals surface area contributed by atoms with Crippen LogP contribution in [0, 0.1) is 5.92 Å². The maximum Gasteiger partial charge on any atom is 0.335 e. The second-order valence-corrected chi connectivity index (χ2v) is 4.84. The molecule has 1 atom stereocenters. The molecule has 0 radical (unpaired) electrons. The highest BCUT2D eigenvalue weighted by Crippen LogP contribution is 2.29. The van der Waals surface area contributed by atoms with Crippen LogP contribution in [0.3, 0.4) is 0 Å². The van der Waals surface area contributed by atoms with Crippen LogP contribution < -0.4 is 5.32 Å². The van der Waals surface area contributed by atoms with E-state index in [2.05, 4.69) is 5.32 Å². The van der Waals surface area contributed by atoms with E-state index in [4.69, 9.17) is 5.11 Å². The van der Waals surface area contributed by atoms with E-state index in [1.54, 1.807) is 6.07 Å². The standard InChI is InChI=1S/C14H15NO5/c16-12(8-4-5-8)15-7-11(14(19)20)9-2-1-3-10(6-9)13(17)18/h1-3,6,8,11H,4-5,7H2,(H,15,16)(H,17,18)(H,19,20). The normalized spacial score (nSPS) is 15.4. The highest BCUT2D eigenvalue weighted by atomic mass is 16.4. The highest BCUT2D eigenvalue weighted by Gasteiger charge is 2.30. The van der Waals surface area contributed by atoms with Gasteiger partial charge in [0.25, 0.3) is 0 Å². The number of hydrogen-bond acceptors (Lipinski definition) is 3. The van der Waals surface area contributed by atoms with Crippen molar-refractivity contribution in [2.45, 2.75) is 18.8 Å². The second kappa shape index (κ2) is 5.73. The lowest BCUT2D eigenvalue weighted by Crippen LogP contribution is -2.32. The van der Waals surface area contributed by atoms with Crippen LogP contribution in [0.5, 0.6) is 0 Å². The molecular weight excluding hydrogens is 262 g/mol. The van der Waals surface area contributed by atoms with Crippen molar-refractivity contribution in [1.29, 1.82) is 0 Å². The van der Waals surface area contributed by atoms with Gasteiger partial charge in [0.2, 0.25) is 5.91 Å². The molecule has 1 aromatic rings. The van der Waals surface area contributed by atoms with Gasteiger partial charge in [-0.25, -0.2) is 4.79 Å². The fourth-order valence-electron chi connectivity index (χ4n) is 1.93. The zero-order valence-corrected chi connectivity index (χ0v) is 10.7. The molecule has 0 bridgehead atoms. The molecule has 1 unspecified atom stereocenters. The van der Waals surface area contributed by atoms with E-state index < -0.39 is 17.9 Å². The Bertz CT molecular complexity index is 550. The molecule has 6 heteroatoms. The number of carboxylic acids is 2. The Morgan fingerprint density at radius 1 is 1.25 bits per heavy atom. The van der Waals surface area contributed by atoms with E-state index in [1.165, 1.54) is 18.2 Å². The van der Waals surface area contributed by atoms with Crippen LogP contribution >= 0.6 is 0 Å². The number of carboxylic acid groups (broad SMARTS) is 2. The first-order chi connectivity index (χ1) is 9.49. The molecule has 0 heterocycles. The average Bonchev–Trinajstić information content (AvgIpc) is 3.23. The summed E-state index contributed by atoms with van der Waals surface area (Å²) < 4.78 is 0. The fourth-order valence-corrected chi connectivity index (χ4v) is 1.93. The number of rotatable bonds is 6. The summed E-state index contributed by atoms with van der Waals surface area (Å²) in [6, 6.07) is 5.77. The van der Waals surface area contributed by atoms with Gasteiger partial charge in [-0.15, -0.1) is 0 Å². The predicted molar refractivity (Wildman–Crippen MR) is 69.5 cm³/mol. The Balaban J connectivity index is 2.10. The third kappa shape index (κ3) is 3.34. The molecule has 106 valence electrons. The summed E-state index contributed by atoms with van der Waals surface area (Å²) in [5, 5.41) is 20.7. The lowest BCUT2D eigenvalue weighted by Gasteiger charge is -2.14. The van der Waals surface area contributed by atoms with Gasteiger partial charge in [-0.1, -0.05) is 12.1 Å². The number of benzene rings is 1. The van der Waals surface area contributed by atoms with Crippen molar-refractivity contribution < 1.29 is 24.6 Å². The van der Waals surface area contributed by atoms with Crippen molar-refractivity contribution in [3.63, 3.8) is 0 Å². The molecule has 0 aliphatic heterocycles. The number of aromatic carboxylic acids is 1. The van der Waals surface area contributed by atoms with Crippen LogP contribution in [-0.4, -0.2) is 34.6 Å².